The molecule has 0 aliphatic heterocycles. The topological polar surface area (TPSA) is 28.4 Å². The molecule has 21 heavy (non-hydrogen) atoms. The Bertz CT molecular complexity index is 580. The molecule has 1 N–H and O–H groups in total. The van der Waals surface area contributed by atoms with E-state index in [1.807, 2.05) is 13.0 Å². The maximum Gasteiger partial charge on any atom is 0.105 e. The van der Waals surface area contributed by atoms with E-state index in [0.29, 0.717) is 0 Å². The van der Waals surface area contributed by atoms with Crippen LogP contribution in [-0.2, 0) is 13.1 Å². The van der Waals surface area contributed by atoms with Crippen molar-refractivity contribution in [3.63, 3.8) is 0 Å². The molecular weight excluding hydrogens is 328 g/mol. The van der Waals surface area contributed by atoms with Crippen molar-refractivity contribution in [1.82, 2.24) is 5.32 Å². The van der Waals surface area contributed by atoms with Gasteiger partial charge in [-0.1, -0.05) is 28.9 Å². The van der Waals surface area contributed by atoms with Crippen LogP contribution in [0.3, 0.4) is 0 Å². The minimum atomic E-state index is 0.847. The fraction of sp³-hybridized carbons (Fsp3) is 0.412. The molecule has 0 amide bonds. The molecule has 0 aliphatic rings. The van der Waals surface area contributed by atoms with Crippen molar-refractivity contribution in [3.8, 4) is 0 Å². The van der Waals surface area contributed by atoms with Gasteiger partial charge in [0, 0.05) is 35.9 Å². The second-order valence-corrected chi connectivity index (χ2v) is 6.22. The van der Waals surface area contributed by atoms with Gasteiger partial charge in [-0.3, -0.25) is 0 Å². The largest absolute Gasteiger partial charge is 0.469 e. The van der Waals surface area contributed by atoms with Crippen molar-refractivity contribution < 1.29 is 4.42 Å². The summed E-state index contributed by atoms with van der Waals surface area (Å²) in [5, 5.41) is 3.48. The Morgan fingerprint density at radius 1 is 1.24 bits per heavy atom. The third-order valence-electron chi connectivity index (χ3n) is 3.57. The molecule has 0 saturated heterocycles. The van der Waals surface area contributed by atoms with Crippen LogP contribution in [0.2, 0.25) is 0 Å². The van der Waals surface area contributed by atoms with Crippen LogP contribution in [-0.4, -0.2) is 13.6 Å². The van der Waals surface area contributed by atoms with Gasteiger partial charge in [-0.15, -0.1) is 0 Å². The number of nitrogens with one attached hydrogen (secondary N) is 1. The molecule has 0 saturated carbocycles. The van der Waals surface area contributed by atoms with Gasteiger partial charge in [0.2, 0.25) is 0 Å². The molecule has 3 nitrogen and oxygen atoms in total. The molecule has 0 aliphatic carbocycles. The lowest BCUT2D eigenvalue weighted by Gasteiger charge is -2.23. The molecule has 0 fully saturated rings. The normalized spacial score (nSPS) is 10.9. The van der Waals surface area contributed by atoms with Crippen LogP contribution in [0.4, 0.5) is 5.69 Å². The summed E-state index contributed by atoms with van der Waals surface area (Å²) in [6, 6.07) is 8.50. The van der Waals surface area contributed by atoms with Crippen molar-refractivity contribution in [2.24, 2.45) is 0 Å². The zero-order chi connectivity index (χ0) is 15.2. The Labute approximate surface area is 135 Å². The summed E-state index contributed by atoms with van der Waals surface area (Å²) in [6.07, 6.45) is 2.90. The Morgan fingerprint density at radius 3 is 2.71 bits per heavy atom. The molecule has 0 radical (unpaired) electrons. The highest BCUT2D eigenvalue weighted by atomic mass is 79.9. The number of rotatable bonds is 7. The SMILES string of the molecule is CCCNCc1ccc(Br)cc1N(C)Cc1ccoc1C. The number of anilines is 1. The van der Waals surface area contributed by atoms with Crippen molar-refractivity contribution in [3.05, 3.63) is 51.9 Å². The molecule has 114 valence electrons. The summed E-state index contributed by atoms with van der Waals surface area (Å²) in [4.78, 5) is 2.27. The molecule has 1 heterocycles. The minimum absolute atomic E-state index is 0.847. The first kappa shape index (κ1) is 16.1. The summed E-state index contributed by atoms with van der Waals surface area (Å²) in [5.41, 5.74) is 3.79. The maximum atomic E-state index is 5.39. The van der Waals surface area contributed by atoms with Crippen molar-refractivity contribution in [2.45, 2.75) is 33.4 Å². The Balaban J connectivity index is 2.16. The van der Waals surface area contributed by atoms with E-state index in [2.05, 4.69) is 58.3 Å². The van der Waals surface area contributed by atoms with Crippen LogP contribution < -0.4 is 10.2 Å². The molecule has 0 atom stereocenters. The van der Waals surface area contributed by atoms with Gasteiger partial charge >= 0.3 is 0 Å². The molecular formula is C17H23BrN2O. The smallest absolute Gasteiger partial charge is 0.105 e. The molecule has 4 heteroatoms. The summed E-state index contributed by atoms with van der Waals surface area (Å²) >= 11 is 3.57. The fourth-order valence-electron chi connectivity index (χ4n) is 2.36. The number of halogens is 1. The first-order valence-corrected chi connectivity index (χ1v) is 8.14. The molecule has 1 aromatic heterocycles. The van der Waals surface area contributed by atoms with E-state index in [1.165, 1.54) is 16.8 Å². The zero-order valence-electron chi connectivity index (χ0n) is 12.9. The number of aryl methyl sites for hydroxylation is 1. The standard InChI is InChI=1S/C17H23BrN2O/c1-4-8-19-11-14-5-6-16(18)10-17(14)20(3)12-15-7-9-21-13(15)2/h5-7,9-10,19H,4,8,11-12H2,1-3H3. The Kier molecular flexibility index (Phi) is 5.88. The average molecular weight is 351 g/mol. The summed E-state index contributed by atoms with van der Waals surface area (Å²) in [5.74, 6) is 0.988. The second-order valence-electron chi connectivity index (χ2n) is 5.31. The van der Waals surface area contributed by atoms with Gasteiger partial charge in [-0.05, 0) is 43.7 Å². The number of benzene rings is 1. The van der Waals surface area contributed by atoms with Gasteiger partial charge in [0.1, 0.15) is 5.76 Å². The lowest BCUT2D eigenvalue weighted by atomic mass is 10.1. The van der Waals surface area contributed by atoms with Crippen LogP contribution in [0, 0.1) is 6.92 Å². The molecule has 2 aromatic rings. The highest BCUT2D eigenvalue weighted by molar-refractivity contribution is 9.10. The van der Waals surface area contributed by atoms with Gasteiger partial charge in [-0.25, -0.2) is 0 Å². The van der Waals surface area contributed by atoms with Gasteiger partial charge < -0.3 is 14.6 Å². The maximum absolute atomic E-state index is 5.39. The van der Waals surface area contributed by atoms with Gasteiger partial charge in [-0.2, -0.15) is 0 Å². The van der Waals surface area contributed by atoms with Crippen LogP contribution in [0.25, 0.3) is 0 Å². The van der Waals surface area contributed by atoms with Crippen LogP contribution >= 0.6 is 15.9 Å². The zero-order valence-corrected chi connectivity index (χ0v) is 14.5. The second kappa shape index (κ2) is 7.66. The third kappa shape index (κ3) is 4.35. The van der Waals surface area contributed by atoms with Crippen molar-refractivity contribution in [1.29, 1.82) is 0 Å². The van der Waals surface area contributed by atoms with Crippen LogP contribution in [0.1, 0.15) is 30.2 Å². The quantitative estimate of drug-likeness (QED) is 0.746. The van der Waals surface area contributed by atoms with Gasteiger partial charge in [0.15, 0.2) is 0 Å². The summed E-state index contributed by atoms with van der Waals surface area (Å²) < 4.78 is 6.49. The van der Waals surface area contributed by atoms with Crippen LogP contribution in [0.15, 0.2) is 39.4 Å². The van der Waals surface area contributed by atoms with E-state index in [0.717, 1.165) is 36.3 Å². The van der Waals surface area contributed by atoms with E-state index in [1.54, 1.807) is 6.26 Å². The van der Waals surface area contributed by atoms with E-state index < -0.39 is 0 Å². The lowest BCUT2D eigenvalue weighted by molar-refractivity contribution is 0.529. The number of furan rings is 1. The highest BCUT2D eigenvalue weighted by Gasteiger charge is 2.11. The van der Waals surface area contributed by atoms with E-state index >= 15 is 0 Å². The lowest BCUT2D eigenvalue weighted by Crippen LogP contribution is -2.21. The fourth-order valence-corrected chi connectivity index (χ4v) is 2.71. The molecule has 1 aromatic carbocycles. The number of hydrogen-bond acceptors (Lipinski definition) is 3. The Hall–Kier alpha value is -1.26. The number of hydrogen-bond donors (Lipinski definition) is 1. The van der Waals surface area contributed by atoms with Crippen molar-refractivity contribution >= 4 is 21.6 Å². The van der Waals surface area contributed by atoms with E-state index in [-0.39, 0.29) is 0 Å². The van der Waals surface area contributed by atoms with Gasteiger partial charge in [0.25, 0.3) is 0 Å². The van der Waals surface area contributed by atoms with Crippen molar-refractivity contribution in [2.75, 3.05) is 18.5 Å². The van der Waals surface area contributed by atoms with Crippen LogP contribution in [0.5, 0.6) is 0 Å². The monoisotopic (exact) mass is 350 g/mol. The predicted octanol–water partition coefficient (Wildman–Crippen LogP) is 4.49. The average Bonchev–Trinajstić information content (AvgIpc) is 2.86. The molecule has 0 spiro atoms. The summed E-state index contributed by atoms with van der Waals surface area (Å²) in [7, 11) is 2.12. The predicted molar refractivity (Wildman–Crippen MR) is 91.7 cm³/mol. The third-order valence-corrected chi connectivity index (χ3v) is 4.07. The molecule has 0 bridgehead atoms. The number of nitrogens with zero attached hydrogens (tertiary/aromatic N) is 1. The van der Waals surface area contributed by atoms with E-state index in [9.17, 15) is 0 Å². The minimum Gasteiger partial charge on any atom is -0.469 e. The van der Waals surface area contributed by atoms with E-state index in [4.69, 9.17) is 4.42 Å². The first-order valence-electron chi connectivity index (χ1n) is 7.35. The highest BCUT2D eigenvalue weighted by Crippen LogP contribution is 2.26. The Morgan fingerprint density at radius 2 is 2.05 bits per heavy atom. The van der Waals surface area contributed by atoms with Gasteiger partial charge in [0.05, 0.1) is 6.26 Å². The summed E-state index contributed by atoms with van der Waals surface area (Å²) in [6.45, 7) is 6.97. The first-order chi connectivity index (χ1) is 10.1. The molecule has 2 rings (SSSR count). The molecule has 0 unspecified atom stereocenters.